The molecule has 0 saturated heterocycles. The summed E-state index contributed by atoms with van der Waals surface area (Å²) in [5.41, 5.74) is 0. The van der Waals surface area contributed by atoms with E-state index in [9.17, 15) is 14.4 Å². The molecular formula is C72H138O6. The number of allylic oxidation sites excluding steroid dienone is 2. The zero-order valence-electron chi connectivity index (χ0n) is 53.2. The fraction of sp³-hybridized carbons (Fsp3) is 0.931. The summed E-state index contributed by atoms with van der Waals surface area (Å²) in [4.78, 5) is 38.5. The van der Waals surface area contributed by atoms with Crippen molar-refractivity contribution >= 4 is 17.9 Å². The Bertz CT molecular complexity index is 1210. The molecule has 0 aliphatic rings. The summed E-state index contributed by atoms with van der Waals surface area (Å²) in [6, 6.07) is 0. The maximum Gasteiger partial charge on any atom is 0.306 e. The van der Waals surface area contributed by atoms with Gasteiger partial charge in [0, 0.05) is 19.3 Å². The minimum Gasteiger partial charge on any atom is -0.462 e. The Hall–Kier alpha value is -1.85. The predicted molar refractivity (Wildman–Crippen MR) is 340 cm³/mol. The van der Waals surface area contributed by atoms with Crippen molar-refractivity contribution in [3.8, 4) is 0 Å². The van der Waals surface area contributed by atoms with Crippen LogP contribution >= 0.6 is 0 Å². The first kappa shape index (κ1) is 76.1. The molecule has 0 aromatic heterocycles. The summed E-state index contributed by atoms with van der Waals surface area (Å²) >= 11 is 0. The molecule has 1 atom stereocenters. The lowest BCUT2D eigenvalue weighted by Gasteiger charge is -2.18. The fourth-order valence-corrected chi connectivity index (χ4v) is 11.2. The molecule has 0 aliphatic carbocycles. The topological polar surface area (TPSA) is 78.9 Å². The van der Waals surface area contributed by atoms with Crippen molar-refractivity contribution in [3.05, 3.63) is 12.2 Å². The number of rotatable bonds is 67. The quantitative estimate of drug-likeness (QED) is 0.0261. The molecule has 78 heavy (non-hydrogen) atoms. The highest BCUT2D eigenvalue weighted by Gasteiger charge is 2.19. The summed E-state index contributed by atoms with van der Waals surface area (Å²) in [5, 5.41) is 0. The van der Waals surface area contributed by atoms with Crippen LogP contribution in [0.1, 0.15) is 412 Å². The average molecular weight is 1100 g/mol. The zero-order valence-corrected chi connectivity index (χ0v) is 53.2. The van der Waals surface area contributed by atoms with Gasteiger partial charge in [0.05, 0.1) is 0 Å². The van der Waals surface area contributed by atoms with Crippen LogP contribution in [-0.4, -0.2) is 37.2 Å². The Balaban J connectivity index is 4.26. The SMILES string of the molecule is CCCCCCCCCC/C=C\CCCCCCCCCCCC(=O)OC(COC(=O)CCCCCCCCCCCCCCCCCC)COC(=O)CCCCCCCCCCCCCCCCCCCCCCCCC. The molecule has 0 aromatic carbocycles. The van der Waals surface area contributed by atoms with Crippen LogP contribution in [0, 0.1) is 0 Å². The van der Waals surface area contributed by atoms with E-state index in [1.165, 1.54) is 315 Å². The van der Waals surface area contributed by atoms with Crippen LogP contribution < -0.4 is 0 Å². The van der Waals surface area contributed by atoms with Gasteiger partial charge in [-0.2, -0.15) is 0 Å². The molecular weight excluding hydrogens is 961 g/mol. The first-order chi connectivity index (χ1) is 38.5. The summed E-state index contributed by atoms with van der Waals surface area (Å²) in [7, 11) is 0. The van der Waals surface area contributed by atoms with Crippen LogP contribution in [0.5, 0.6) is 0 Å². The summed E-state index contributed by atoms with van der Waals surface area (Å²) in [5.74, 6) is -0.828. The van der Waals surface area contributed by atoms with Gasteiger partial charge in [0.15, 0.2) is 6.10 Å². The third-order valence-electron chi connectivity index (χ3n) is 16.5. The molecule has 462 valence electrons. The van der Waals surface area contributed by atoms with Gasteiger partial charge in [-0.05, 0) is 44.9 Å². The second kappa shape index (κ2) is 67.7. The van der Waals surface area contributed by atoms with Gasteiger partial charge in [-0.1, -0.05) is 360 Å². The first-order valence-electron chi connectivity index (χ1n) is 35.7. The normalized spacial score (nSPS) is 12.0. The lowest BCUT2D eigenvalue weighted by Crippen LogP contribution is -2.30. The maximum absolute atomic E-state index is 13.0. The standard InChI is InChI=1S/C72H138O6/c1-4-7-10-13-16-19-22-25-28-31-33-35-36-38-39-41-44-47-50-53-56-59-62-65-71(74)77-68-69(67-76-70(73)64-61-58-55-52-49-46-43-30-27-24-21-18-15-12-9-6-3)78-72(75)66-63-60-57-54-51-48-45-42-40-37-34-32-29-26-23-20-17-14-11-8-5-2/h32,34,69H,4-31,33,35-68H2,1-3H3/b34-32-. The van der Waals surface area contributed by atoms with Crippen LogP contribution in [0.2, 0.25) is 0 Å². The van der Waals surface area contributed by atoms with Crippen molar-refractivity contribution in [2.45, 2.75) is 419 Å². The highest BCUT2D eigenvalue weighted by molar-refractivity contribution is 5.71. The second-order valence-electron chi connectivity index (χ2n) is 24.5. The van der Waals surface area contributed by atoms with Crippen LogP contribution in [-0.2, 0) is 28.6 Å². The lowest BCUT2D eigenvalue weighted by molar-refractivity contribution is -0.167. The molecule has 0 saturated carbocycles. The Morgan fingerprint density at radius 1 is 0.244 bits per heavy atom. The van der Waals surface area contributed by atoms with E-state index in [1.807, 2.05) is 0 Å². The third kappa shape index (κ3) is 65.0. The summed E-state index contributed by atoms with van der Waals surface area (Å²) in [6.45, 7) is 6.74. The van der Waals surface area contributed by atoms with E-state index >= 15 is 0 Å². The molecule has 1 unspecified atom stereocenters. The molecule has 0 radical (unpaired) electrons. The fourth-order valence-electron chi connectivity index (χ4n) is 11.2. The molecule has 0 amide bonds. The van der Waals surface area contributed by atoms with Crippen molar-refractivity contribution in [1.82, 2.24) is 0 Å². The third-order valence-corrected chi connectivity index (χ3v) is 16.5. The van der Waals surface area contributed by atoms with E-state index < -0.39 is 6.10 Å². The molecule has 0 bridgehead atoms. The average Bonchev–Trinajstić information content (AvgIpc) is 3.44. The Morgan fingerprint density at radius 2 is 0.423 bits per heavy atom. The van der Waals surface area contributed by atoms with Crippen molar-refractivity contribution in [1.29, 1.82) is 0 Å². The van der Waals surface area contributed by atoms with Crippen LogP contribution in [0.4, 0.5) is 0 Å². The van der Waals surface area contributed by atoms with Crippen LogP contribution in [0.25, 0.3) is 0 Å². The molecule has 0 fully saturated rings. The highest BCUT2D eigenvalue weighted by atomic mass is 16.6. The number of carbonyl (C=O) groups excluding carboxylic acids is 3. The lowest BCUT2D eigenvalue weighted by atomic mass is 10.0. The Kier molecular flexibility index (Phi) is 66.0. The molecule has 0 spiro atoms. The van der Waals surface area contributed by atoms with E-state index in [0.717, 1.165) is 57.8 Å². The number of hydrogen-bond donors (Lipinski definition) is 0. The molecule has 6 heteroatoms. The van der Waals surface area contributed by atoms with E-state index in [0.29, 0.717) is 19.3 Å². The number of hydrogen-bond acceptors (Lipinski definition) is 6. The molecule has 0 N–H and O–H groups in total. The van der Waals surface area contributed by atoms with E-state index in [4.69, 9.17) is 14.2 Å². The van der Waals surface area contributed by atoms with Gasteiger partial charge in [-0.25, -0.2) is 0 Å². The minimum atomic E-state index is -0.768. The van der Waals surface area contributed by atoms with E-state index in [1.54, 1.807) is 0 Å². The molecule has 0 aromatic rings. The highest BCUT2D eigenvalue weighted by Crippen LogP contribution is 2.19. The maximum atomic E-state index is 13.0. The minimum absolute atomic E-state index is 0.0636. The Labute approximate surface area is 488 Å². The number of carbonyl (C=O) groups is 3. The molecule has 0 heterocycles. The Morgan fingerprint density at radius 3 is 0.641 bits per heavy atom. The van der Waals surface area contributed by atoms with Gasteiger partial charge in [0.25, 0.3) is 0 Å². The van der Waals surface area contributed by atoms with Crippen LogP contribution in [0.15, 0.2) is 12.2 Å². The van der Waals surface area contributed by atoms with Gasteiger partial charge in [0.1, 0.15) is 13.2 Å². The van der Waals surface area contributed by atoms with Crippen molar-refractivity contribution in [3.63, 3.8) is 0 Å². The molecule has 0 rings (SSSR count). The van der Waals surface area contributed by atoms with Gasteiger partial charge >= 0.3 is 17.9 Å². The van der Waals surface area contributed by atoms with E-state index in [2.05, 4.69) is 32.9 Å². The zero-order chi connectivity index (χ0) is 56.4. The summed E-state index contributed by atoms with van der Waals surface area (Å²) < 4.78 is 17.0. The molecule has 0 aliphatic heterocycles. The van der Waals surface area contributed by atoms with Gasteiger partial charge in [-0.3, -0.25) is 14.4 Å². The monoisotopic (exact) mass is 1100 g/mol. The number of ether oxygens (including phenoxy) is 3. The number of unbranched alkanes of at least 4 members (excludes halogenated alkanes) is 54. The first-order valence-corrected chi connectivity index (χ1v) is 35.7. The van der Waals surface area contributed by atoms with Crippen molar-refractivity contribution < 1.29 is 28.6 Å². The second-order valence-corrected chi connectivity index (χ2v) is 24.5. The van der Waals surface area contributed by atoms with Gasteiger partial charge < -0.3 is 14.2 Å². The number of esters is 3. The van der Waals surface area contributed by atoms with Gasteiger partial charge in [-0.15, -0.1) is 0 Å². The largest absolute Gasteiger partial charge is 0.462 e. The molecule has 6 nitrogen and oxygen atoms in total. The van der Waals surface area contributed by atoms with Crippen molar-refractivity contribution in [2.24, 2.45) is 0 Å². The predicted octanol–water partition coefficient (Wildman–Crippen LogP) is 24.4. The van der Waals surface area contributed by atoms with Gasteiger partial charge in [0.2, 0.25) is 0 Å². The smallest absolute Gasteiger partial charge is 0.306 e. The summed E-state index contributed by atoms with van der Waals surface area (Å²) in [6.07, 6.45) is 80.9. The van der Waals surface area contributed by atoms with E-state index in [-0.39, 0.29) is 31.1 Å². The van der Waals surface area contributed by atoms with Crippen molar-refractivity contribution in [2.75, 3.05) is 13.2 Å². The van der Waals surface area contributed by atoms with Crippen LogP contribution in [0.3, 0.4) is 0 Å².